The van der Waals surface area contributed by atoms with Gasteiger partial charge in [-0.3, -0.25) is 9.69 Å². The van der Waals surface area contributed by atoms with Gasteiger partial charge in [-0.15, -0.1) is 11.3 Å². The molecule has 4 rings (SSSR count). The molecule has 0 N–H and O–H groups in total. The second-order valence-electron chi connectivity index (χ2n) is 7.05. The van der Waals surface area contributed by atoms with Crippen LogP contribution in [0.15, 0.2) is 28.9 Å². The van der Waals surface area contributed by atoms with Crippen LogP contribution in [0.1, 0.15) is 39.2 Å². The van der Waals surface area contributed by atoms with Crippen molar-refractivity contribution in [2.45, 2.75) is 32.7 Å². The second kappa shape index (κ2) is 6.73. The van der Waals surface area contributed by atoms with Gasteiger partial charge in [0.15, 0.2) is 0 Å². The number of carbonyl (C=O) groups excluding carboxylic acids is 1. The summed E-state index contributed by atoms with van der Waals surface area (Å²) in [6.45, 7) is 6.57. The molecule has 128 valence electrons. The van der Waals surface area contributed by atoms with Gasteiger partial charge in [-0.25, -0.2) is 0 Å². The number of hydrogen-bond donors (Lipinski definition) is 0. The molecule has 24 heavy (non-hydrogen) atoms. The van der Waals surface area contributed by atoms with Crippen LogP contribution in [0.5, 0.6) is 0 Å². The van der Waals surface area contributed by atoms with Crippen molar-refractivity contribution in [2.24, 2.45) is 5.92 Å². The Morgan fingerprint density at radius 2 is 2.17 bits per heavy atom. The Bertz CT molecular complexity index is 699. The number of fused-ring (bicyclic) bond motifs is 1. The van der Waals surface area contributed by atoms with Crippen LogP contribution in [0, 0.1) is 5.92 Å². The lowest BCUT2D eigenvalue weighted by atomic mass is 9.90. The molecule has 1 aliphatic heterocycles. The maximum atomic E-state index is 12.8. The standard InChI is InChI=1S/C19H24N2O2S/c1-14-4-5-17-15(11-14)12-18(24-17)19(22)21-8-6-20(7-9-21)13-16-3-2-10-23-16/h2-3,10,12,14H,4-9,11,13H2,1H3/t14-/m0/s1. The third-order valence-corrected chi connectivity index (χ3v) is 6.38. The van der Waals surface area contributed by atoms with Crippen molar-refractivity contribution in [3.8, 4) is 0 Å². The summed E-state index contributed by atoms with van der Waals surface area (Å²) in [5.74, 6) is 1.97. The fourth-order valence-corrected chi connectivity index (χ4v) is 4.88. The minimum absolute atomic E-state index is 0.222. The Hall–Kier alpha value is -1.59. The van der Waals surface area contributed by atoms with Crippen molar-refractivity contribution in [1.82, 2.24) is 9.80 Å². The summed E-state index contributed by atoms with van der Waals surface area (Å²) < 4.78 is 5.41. The fourth-order valence-electron chi connectivity index (χ4n) is 3.70. The lowest BCUT2D eigenvalue weighted by molar-refractivity contribution is 0.0625. The first kappa shape index (κ1) is 15.9. The molecule has 1 amide bonds. The number of piperazine rings is 1. The van der Waals surface area contributed by atoms with E-state index >= 15 is 0 Å². The number of hydrogen-bond acceptors (Lipinski definition) is 4. The maximum absolute atomic E-state index is 12.8. The lowest BCUT2D eigenvalue weighted by Crippen LogP contribution is -2.48. The van der Waals surface area contributed by atoms with Crippen LogP contribution in [0.3, 0.4) is 0 Å². The Morgan fingerprint density at radius 1 is 1.33 bits per heavy atom. The van der Waals surface area contributed by atoms with E-state index in [4.69, 9.17) is 4.42 Å². The van der Waals surface area contributed by atoms with Crippen LogP contribution in [0.25, 0.3) is 0 Å². The number of rotatable bonds is 3. The summed E-state index contributed by atoms with van der Waals surface area (Å²) in [6.07, 6.45) is 5.25. The summed E-state index contributed by atoms with van der Waals surface area (Å²) in [4.78, 5) is 19.6. The monoisotopic (exact) mass is 344 g/mol. The average molecular weight is 344 g/mol. The number of aryl methyl sites for hydroxylation is 1. The third-order valence-electron chi connectivity index (χ3n) is 5.16. The maximum Gasteiger partial charge on any atom is 0.264 e. The molecule has 0 unspecified atom stereocenters. The molecule has 2 aromatic heterocycles. The second-order valence-corrected chi connectivity index (χ2v) is 8.19. The van der Waals surface area contributed by atoms with Gasteiger partial charge in [0.1, 0.15) is 5.76 Å². The zero-order chi connectivity index (χ0) is 16.5. The molecule has 4 nitrogen and oxygen atoms in total. The van der Waals surface area contributed by atoms with Crippen LogP contribution < -0.4 is 0 Å². The predicted molar refractivity (Wildman–Crippen MR) is 95.4 cm³/mol. The number of furan rings is 1. The zero-order valence-corrected chi connectivity index (χ0v) is 15.0. The molecule has 1 aliphatic carbocycles. The van der Waals surface area contributed by atoms with E-state index in [9.17, 15) is 4.79 Å². The van der Waals surface area contributed by atoms with E-state index < -0.39 is 0 Å². The SMILES string of the molecule is C[C@H]1CCc2sc(C(=O)N3CCN(Cc4ccco4)CC3)cc2C1. The van der Waals surface area contributed by atoms with E-state index in [0.29, 0.717) is 0 Å². The van der Waals surface area contributed by atoms with E-state index in [2.05, 4.69) is 17.9 Å². The Morgan fingerprint density at radius 3 is 2.92 bits per heavy atom. The highest BCUT2D eigenvalue weighted by Crippen LogP contribution is 2.32. The van der Waals surface area contributed by atoms with Crippen molar-refractivity contribution < 1.29 is 9.21 Å². The van der Waals surface area contributed by atoms with Crippen molar-refractivity contribution in [3.63, 3.8) is 0 Å². The molecule has 0 aromatic carbocycles. The Balaban J connectivity index is 1.36. The highest BCUT2D eigenvalue weighted by molar-refractivity contribution is 7.14. The van der Waals surface area contributed by atoms with E-state index in [1.807, 2.05) is 17.0 Å². The minimum Gasteiger partial charge on any atom is -0.468 e. The molecule has 0 spiro atoms. The average Bonchev–Trinajstić information content (AvgIpc) is 3.24. The van der Waals surface area contributed by atoms with Crippen LogP contribution in [0.2, 0.25) is 0 Å². The Kier molecular flexibility index (Phi) is 4.46. The summed E-state index contributed by atoms with van der Waals surface area (Å²) in [7, 11) is 0. The molecule has 2 aromatic rings. The smallest absolute Gasteiger partial charge is 0.264 e. The summed E-state index contributed by atoms with van der Waals surface area (Å²) in [6, 6.07) is 6.09. The highest BCUT2D eigenvalue weighted by atomic mass is 32.1. The van der Waals surface area contributed by atoms with Gasteiger partial charge < -0.3 is 9.32 Å². The lowest BCUT2D eigenvalue weighted by Gasteiger charge is -2.34. The molecule has 1 fully saturated rings. The van der Waals surface area contributed by atoms with E-state index in [-0.39, 0.29) is 5.91 Å². The quantitative estimate of drug-likeness (QED) is 0.856. The van der Waals surface area contributed by atoms with Crippen molar-refractivity contribution in [1.29, 1.82) is 0 Å². The molecule has 1 atom stereocenters. The Labute approximate surface area is 147 Å². The van der Waals surface area contributed by atoms with E-state index in [0.717, 1.165) is 62.1 Å². The molecule has 0 bridgehead atoms. The number of nitrogens with zero attached hydrogens (tertiary/aromatic N) is 2. The van der Waals surface area contributed by atoms with Gasteiger partial charge in [0.05, 0.1) is 17.7 Å². The van der Waals surface area contributed by atoms with Gasteiger partial charge in [-0.2, -0.15) is 0 Å². The summed E-state index contributed by atoms with van der Waals surface area (Å²) in [5, 5.41) is 0. The van der Waals surface area contributed by atoms with Crippen molar-refractivity contribution >= 4 is 17.2 Å². The van der Waals surface area contributed by atoms with Gasteiger partial charge in [0.2, 0.25) is 0 Å². The molecule has 3 heterocycles. The normalized spacial score (nSPS) is 21.7. The first-order chi connectivity index (χ1) is 11.7. The molecular formula is C19H24N2O2S. The molecular weight excluding hydrogens is 320 g/mol. The van der Waals surface area contributed by atoms with E-state index in [1.54, 1.807) is 17.6 Å². The predicted octanol–water partition coefficient (Wildman–Crippen LogP) is 3.42. The first-order valence-electron chi connectivity index (χ1n) is 8.84. The largest absolute Gasteiger partial charge is 0.468 e. The number of thiophene rings is 1. The van der Waals surface area contributed by atoms with E-state index in [1.165, 1.54) is 16.9 Å². The van der Waals surface area contributed by atoms with Crippen LogP contribution >= 0.6 is 11.3 Å². The fraction of sp³-hybridized carbons (Fsp3) is 0.526. The summed E-state index contributed by atoms with van der Waals surface area (Å²) >= 11 is 1.72. The topological polar surface area (TPSA) is 36.7 Å². The highest BCUT2D eigenvalue weighted by Gasteiger charge is 2.26. The van der Waals surface area contributed by atoms with Crippen molar-refractivity contribution in [3.05, 3.63) is 45.5 Å². The van der Waals surface area contributed by atoms with Crippen molar-refractivity contribution in [2.75, 3.05) is 26.2 Å². The van der Waals surface area contributed by atoms with Gasteiger partial charge in [0, 0.05) is 31.1 Å². The molecule has 1 saturated heterocycles. The molecule has 2 aliphatic rings. The zero-order valence-electron chi connectivity index (χ0n) is 14.2. The third kappa shape index (κ3) is 3.28. The van der Waals surface area contributed by atoms with Gasteiger partial charge >= 0.3 is 0 Å². The molecule has 5 heteroatoms. The van der Waals surface area contributed by atoms with Gasteiger partial charge in [0.25, 0.3) is 5.91 Å². The van der Waals surface area contributed by atoms with Crippen LogP contribution in [-0.4, -0.2) is 41.9 Å². The minimum atomic E-state index is 0.222. The van der Waals surface area contributed by atoms with Gasteiger partial charge in [-0.1, -0.05) is 6.92 Å². The van der Waals surface area contributed by atoms with Crippen LogP contribution in [0.4, 0.5) is 0 Å². The number of amides is 1. The molecule has 0 radical (unpaired) electrons. The summed E-state index contributed by atoms with van der Waals surface area (Å²) in [5.41, 5.74) is 1.42. The number of carbonyl (C=O) groups is 1. The van der Waals surface area contributed by atoms with Gasteiger partial charge in [-0.05, 0) is 48.9 Å². The molecule has 0 saturated carbocycles. The van der Waals surface area contributed by atoms with Crippen LogP contribution in [-0.2, 0) is 19.4 Å². The first-order valence-corrected chi connectivity index (χ1v) is 9.66.